The van der Waals surface area contributed by atoms with Crippen LogP contribution in [0.15, 0.2) is 12.2 Å². The molecule has 1 atom stereocenters. The Morgan fingerprint density at radius 3 is 2.62 bits per heavy atom. The van der Waals surface area contributed by atoms with Gasteiger partial charge >= 0.3 is 0 Å². The molecule has 1 nitrogen and oxygen atoms in total. The molecule has 13 heavy (non-hydrogen) atoms. The van der Waals surface area contributed by atoms with E-state index in [2.05, 4.69) is 25.7 Å². The fraction of sp³-hybridized carbons (Fsp3) is 0.833. The standard InChI is InChI=1S/C12H23N/c1-4-8-13-12(9-10(2)3)11-6-5-7-11/h11-13H,2,4-9H2,1,3H3. The van der Waals surface area contributed by atoms with E-state index in [4.69, 9.17) is 0 Å². The minimum absolute atomic E-state index is 0.714. The zero-order valence-corrected chi connectivity index (χ0v) is 9.10. The largest absolute Gasteiger partial charge is 0.313 e. The fourth-order valence-corrected chi connectivity index (χ4v) is 1.95. The molecule has 1 fully saturated rings. The van der Waals surface area contributed by atoms with Gasteiger partial charge in [0.25, 0.3) is 0 Å². The van der Waals surface area contributed by atoms with Crippen molar-refractivity contribution in [2.75, 3.05) is 6.54 Å². The quantitative estimate of drug-likeness (QED) is 0.621. The van der Waals surface area contributed by atoms with Crippen LogP contribution in [-0.4, -0.2) is 12.6 Å². The molecule has 1 unspecified atom stereocenters. The SMILES string of the molecule is C=C(C)CC(NCCC)C1CCC1. The summed E-state index contributed by atoms with van der Waals surface area (Å²) in [5.74, 6) is 0.934. The topological polar surface area (TPSA) is 12.0 Å². The highest BCUT2D eigenvalue weighted by Gasteiger charge is 2.26. The summed E-state index contributed by atoms with van der Waals surface area (Å²) in [4.78, 5) is 0. The van der Waals surface area contributed by atoms with Crippen LogP contribution in [0.1, 0.15) is 46.0 Å². The number of rotatable bonds is 6. The van der Waals surface area contributed by atoms with Gasteiger partial charge < -0.3 is 5.32 Å². The molecule has 0 aromatic rings. The number of nitrogens with one attached hydrogen (secondary N) is 1. The van der Waals surface area contributed by atoms with E-state index in [0.717, 1.165) is 12.5 Å². The van der Waals surface area contributed by atoms with E-state index in [9.17, 15) is 0 Å². The van der Waals surface area contributed by atoms with Gasteiger partial charge in [0.2, 0.25) is 0 Å². The molecule has 0 spiro atoms. The lowest BCUT2D eigenvalue weighted by molar-refractivity contribution is 0.227. The first-order valence-electron chi connectivity index (χ1n) is 5.61. The first kappa shape index (κ1) is 10.8. The molecule has 1 heteroatoms. The van der Waals surface area contributed by atoms with Crippen LogP contribution in [0, 0.1) is 5.92 Å². The normalized spacial score (nSPS) is 19.5. The smallest absolute Gasteiger partial charge is 0.0132 e. The fourth-order valence-electron chi connectivity index (χ4n) is 1.95. The second-order valence-electron chi connectivity index (χ2n) is 4.41. The maximum Gasteiger partial charge on any atom is 0.0132 e. The van der Waals surface area contributed by atoms with Crippen LogP contribution in [0.2, 0.25) is 0 Å². The second kappa shape index (κ2) is 5.43. The summed E-state index contributed by atoms with van der Waals surface area (Å²) in [6.45, 7) is 9.53. The van der Waals surface area contributed by atoms with E-state index in [1.54, 1.807) is 0 Å². The van der Waals surface area contributed by atoms with Gasteiger partial charge in [0.15, 0.2) is 0 Å². The van der Waals surface area contributed by atoms with Gasteiger partial charge in [-0.05, 0) is 45.1 Å². The average Bonchev–Trinajstić information content (AvgIpc) is 1.95. The van der Waals surface area contributed by atoms with Crippen molar-refractivity contribution in [2.24, 2.45) is 5.92 Å². The lowest BCUT2D eigenvalue weighted by Crippen LogP contribution is -2.40. The summed E-state index contributed by atoms with van der Waals surface area (Å²) >= 11 is 0. The van der Waals surface area contributed by atoms with E-state index in [1.807, 2.05) is 0 Å². The molecule has 0 aromatic carbocycles. The number of hydrogen-bond donors (Lipinski definition) is 1. The molecule has 0 radical (unpaired) electrons. The predicted octanol–water partition coefficient (Wildman–Crippen LogP) is 3.12. The van der Waals surface area contributed by atoms with Crippen LogP contribution in [0.3, 0.4) is 0 Å². The third kappa shape index (κ3) is 3.51. The zero-order chi connectivity index (χ0) is 9.68. The summed E-state index contributed by atoms with van der Waals surface area (Å²) in [5, 5.41) is 3.64. The van der Waals surface area contributed by atoms with Crippen molar-refractivity contribution in [1.29, 1.82) is 0 Å². The van der Waals surface area contributed by atoms with E-state index in [-0.39, 0.29) is 0 Å². The van der Waals surface area contributed by atoms with Gasteiger partial charge in [0.05, 0.1) is 0 Å². The highest BCUT2D eigenvalue weighted by atomic mass is 14.9. The Labute approximate surface area is 82.6 Å². The minimum atomic E-state index is 0.714. The van der Waals surface area contributed by atoms with Crippen molar-refractivity contribution in [3.8, 4) is 0 Å². The minimum Gasteiger partial charge on any atom is -0.313 e. The van der Waals surface area contributed by atoms with E-state index < -0.39 is 0 Å². The van der Waals surface area contributed by atoms with Crippen molar-refractivity contribution in [1.82, 2.24) is 5.32 Å². The molecular weight excluding hydrogens is 158 g/mol. The van der Waals surface area contributed by atoms with Gasteiger partial charge in [-0.3, -0.25) is 0 Å². The molecule has 1 aliphatic carbocycles. The van der Waals surface area contributed by atoms with Crippen LogP contribution < -0.4 is 5.32 Å². The molecule has 76 valence electrons. The first-order valence-corrected chi connectivity index (χ1v) is 5.61. The highest BCUT2D eigenvalue weighted by molar-refractivity contribution is 4.96. The number of hydrogen-bond acceptors (Lipinski definition) is 1. The van der Waals surface area contributed by atoms with E-state index in [0.29, 0.717) is 6.04 Å². The van der Waals surface area contributed by atoms with Crippen LogP contribution in [0.4, 0.5) is 0 Å². The van der Waals surface area contributed by atoms with Gasteiger partial charge in [-0.2, -0.15) is 0 Å². The Kier molecular flexibility index (Phi) is 4.51. The third-order valence-corrected chi connectivity index (χ3v) is 2.94. The molecular formula is C12H23N. The van der Waals surface area contributed by atoms with Crippen molar-refractivity contribution < 1.29 is 0 Å². The van der Waals surface area contributed by atoms with Crippen LogP contribution in [0.25, 0.3) is 0 Å². The average molecular weight is 181 g/mol. The summed E-state index contributed by atoms with van der Waals surface area (Å²) in [6.07, 6.45) is 6.69. The molecule has 1 rings (SSSR count). The maximum absolute atomic E-state index is 4.00. The Morgan fingerprint density at radius 1 is 1.54 bits per heavy atom. The van der Waals surface area contributed by atoms with Crippen LogP contribution >= 0.6 is 0 Å². The third-order valence-electron chi connectivity index (χ3n) is 2.94. The van der Waals surface area contributed by atoms with Crippen molar-refractivity contribution in [3.05, 3.63) is 12.2 Å². The Hall–Kier alpha value is -0.300. The Morgan fingerprint density at radius 2 is 2.23 bits per heavy atom. The van der Waals surface area contributed by atoms with Gasteiger partial charge in [-0.15, -0.1) is 6.58 Å². The summed E-state index contributed by atoms with van der Waals surface area (Å²) in [7, 11) is 0. The van der Waals surface area contributed by atoms with Crippen molar-refractivity contribution in [2.45, 2.75) is 52.0 Å². The predicted molar refractivity (Wildman–Crippen MR) is 58.9 cm³/mol. The Bertz CT molecular complexity index is 159. The molecule has 0 heterocycles. The van der Waals surface area contributed by atoms with Gasteiger partial charge in [0, 0.05) is 6.04 Å². The summed E-state index contributed by atoms with van der Waals surface area (Å²) in [5.41, 5.74) is 1.32. The molecule has 1 aliphatic rings. The first-order chi connectivity index (χ1) is 6.24. The molecule has 0 amide bonds. The second-order valence-corrected chi connectivity index (χ2v) is 4.41. The Balaban J connectivity index is 2.28. The van der Waals surface area contributed by atoms with Crippen molar-refractivity contribution >= 4 is 0 Å². The molecule has 0 bridgehead atoms. The van der Waals surface area contributed by atoms with Gasteiger partial charge in [-0.1, -0.05) is 18.9 Å². The monoisotopic (exact) mass is 181 g/mol. The van der Waals surface area contributed by atoms with E-state index >= 15 is 0 Å². The molecule has 0 saturated heterocycles. The van der Waals surface area contributed by atoms with Crippen LogP contribution in [0.5, 0.6) is 0 Å². The molecule has 0 aliphatic heterocycles. The van der Waals surface area contributed by atoms with E-state index in [1.165, 1.54) is 37.7 Å². The van der Waals surface area contributed by atoms with Gasteiger partial charge in [0.1, 0.15) is 0 Å². The lowest BCUT2D eigenvalue weighted by atomic mass is 9.78. The summed E-state index contributed by atoms with van der Waals surface area (Å²) in [6, 6.07) is 0.714. The lowest BCUT2D eigenvalue weighted by Gasteiger charge is -2.34. The van der Waals surface area contributed by atoms with Gasteiger partial charge in [-0.25, -0.2) is 0 Å². The molecule has 0 aromatic heterocycles. The molecule has 1 saturated carbocycles. The summed E-state index contributed by atoms with van der Waals surface area (Å²) < 4.78 is 0. The zero-order valence-electron chi connectivity index (χ0n) is 9.10. The highest BCUT2D eigenvalue weighted by Crippen LogP contribution is 2.31. The van der Waals surface area contributed by atoms with Crippen LogP contribution in [-0.2, 0) is 0 Å². The molecule has 1 N–H and O–H groups in total. The maximum atomic E-state index is 4.00. The van der Waals surface area contributed by atoms with Crippen molar-refractivity contribution in [3.63, 3.8) is 0 Å².